The molecule has 0 fully saturated rings. The average molecular weight is 380 g/mol. The van der Waals surface area contributed by atoms with Gasteiger partial charge in [0.05, 0.1) is 6.10 Å². The van der Waals surface area contributed by atoms with Crippen LogP contribution in [-0.4, -0.2) is 28.5 Å². The fraction of sp³-hybridized carbons (Fsp3) is 0.409. The van der Waals surface area contributed by atoms with Crippen molar-refractivity contribution in [2.75, 3.05) is 17.2 Å². The first-order valence-electron chi connectivity index (χ1n) is 9.93. The summed E-state index contributed by atoms with van der Waals surface area (Å²) in [5.41, 5.74) is 2.52. The van der Waals surface area contributed by atoms with Gasteiger partial charge >= 0.3 is 0 Å². The van der Waals surface area contributed by atoms with E-state index in [9.17, 15) is 4.79 Å². The van der Waals surface area contributed by atoms with Crippen molar-refractivity contribution in [3.8, 4) is 5.75 Å². The molecule has 0 aliphatic heterocycles. The molecule has 148 valence electrons. The Kier molecular flexibility index (Phi) is 7.00. The molecule has 0 spiro atoms. The number of allylic oxidation sites excluding steroid dienone is 1. The molecule has 1 aromatic carbocycles. The molecular weight excluding hydrogens is 352 g/mol. The Hall–Kier alpha value is -2.89. The summed E-state index contributed by atoms with van der Waals surface area (Å²) in [6.45, 7) is 4.72. The first kappa shape index (κ1) is 19.9. The average Bonchev–Trinajstić information content (AvgIpc) is 2.70. The highest BCUT2D eigenvalue weighted by Gasteiger charge is 2.10. The van der Waals surface area contributed by atoms with Gasteiger partial charge in [0.15, 0.2) is 0 Å². The minimum Gasteiger partial charge on any atom is -0.491 e. The van der Waals surface area contributed by atoms with Crippen LogP contribution in [0.3, 0.4) is 0 Å². The van der Waals surface area contributed by atoms with Gasteiger partial charge in [-0.15, -0.1) is 0 Å². The Morgan fingerprint density at radius 1 is 1.18 bits per heavy atom. The Balaban J connectivity index is 1.53. The number of hydrogen-bond acceptors (Lipinski definition) is 5. The van der Waals surface area contributed by atoms with Crippen LogP contribution in [0, 0.1) is 0 Å². The van der Waals surface area contributed by atoms with Crippen molar-refractivity contribution in [3.05, 3.63) is 53.9 Å². The molecule has 0 bridgehead atoms. The quantitative estimate of drug-likeness (QED) is 0.642. The van der Waals surface area contributed by atoms with Gasteiger partial charge in [0, 0.05) is 18.4 Å². The van der Waals surface area contributed by atoms with Gasteiger partial charge in [-0.1, -0.05) is 11.6 Å². The number of hydrogen-bond donors (Lipinski definition) is 2. The molecule has 1 aliphatic rings. The minimum atomic E-state index is -0.266. The zero-order valence-corrected chi connectivity index (χ0v) is 16.6. The first-order chi connectivity index (χ1) is 13.6. The van der Waals surface area contributed by atoms with E-state index in [1.54, 1.807) is 12.3 Å². The van der Waals surface area contributed by atoms with E-state index in [0.717, 1.165) is 18.7 Å². The highest BCUT2D eigenvalue weighted by molar-refractivity contribution is 6.02. The van der Waals surface area contributed by atoms with Crippen molar-refractivity contribution in [1.82, 2.24) is 9.97 Å². The van der Waals surface area contributed by atoms with Crippen LogP contribution in [0.15, 0.2) is 48.2 Å². The number of rotatable bonds is 8. The van der Waals surface area contributed by atoms with Gasteiger partial charge in [-0.2, -0.15) is 0 Å². The third kappa shape index (κ3) is 6.08. The molecule has 0 atom stereocenters. The summed E-state index contributed by atoms with van der Waals surface area (Å²) in [5, 5.41) is 6.07. The number of nitrogens with one attached hydrogen (secondary N) is 2. The number of nitrogens with zero attached hydrogens (tertiary/aromatic N) is 2. The fourth-order valence-corrected chi connectivity index (χ4v) is 3.12. The normalized spacial score (nSPS) is 13.8. The Morgan fingerprint density at radius 2 is 2.00 bits per heavy atom. The van der Waals surface area contributed by atoms with E-state index < -0.39 is 0 Å². The molecule has 3 rings (SSSR count). The molecule has 0 saturated carbocycles. The molecule has 1 aliphatic carbocycles. The van der Waals surface area contributed by atoms with Crippen LogP contribution in [0.25, 0.3) is 0 Å². The zero-order chi connectivity index (χ0) is 19.8. The van der Waals surface area contributed by atoms with Crippen LogP contribution in [-0.2, 0) is 0 Å². The van der Waals surface area contributed by atoms with E-state index >= 15 is 0 Å². The molecule has 6 nitrogen and oxygen atoms in total. The molecule has 1 amide bonds. The zero-order valence-electron chi connectivity index (χ0n) is 16.6. The molecule has 2 aromatic rings. The first-order valence-corrected chi connectivity index (χ1v) is 9.93. The topological polar surface area (TPSA) is 76.1 Å². The summed E-state index contributed by atoms with van der Waals surface area (Å²) in [5.74, 6) is 0.984. The van der Waals surface area contributed by atoms with Crippen molar-refractivity contribution >= 4 is 17.5 Å². The predicted octanol–water partition coefficient (Wildman–Crippen LogP) is 4.82. The second-order valence-corrected chi connectivity index (χ2v) is 7.20. The van der Waals surface area contributed by atoms with E-state index in [0.29, 0.717) is 17.3 Å². The van der Waals surface area contributed by atoms with Crippen molar-refractivity contribution in [3.63, 3.8) is 0 Å². The summed E-state index contributed by atoms with van der Waals surface area (Å²) in [6.07, 6.45) is 9.99. The molecule has 28 heavy (non-hydrogen) atoms. The van der Waals surface area contributed by atoms with Gasteiger partial charge in [-0.3, -0.25) is 4.79 Å². The molecule has 1 aromatic heterocycles. The molecule has 0 unspecified atom stereocenters. The maximum atomic E-state index is 12.5. The SMILES string of the molecule is CC(C)Oc1ccc(NC(=O)c2ccnc(NCCC3=CCCCC3)n2)cc1. The lowest BCUT2D eigenvalue weighted by Crippen LogP contribution is -2.16. The Bertz CT molecular complexity index is 816. The van der Waals surface area contributed by atoms with E-state index in [2.05, 4.69) is 26.7 Å². The summed E-state index contributed by atoms with van der Waals surface area (Å²) >= 11 is 0. The molecular formula is C22H28N4O2. The molecule has 0 saturated heterocycles. The van der Waals surface area contributed by atoms with E-state index in [1.165, 1.54) is 31.3 Å². The monoisotopic (exact) mass is 380 g/mol. The van der Waals surface area contributed by atoms with Gasteiger partial charge < -0.3 is 15.4 Å². The number of carbonyl (C=O) groups excluding carboxylic acids is 1. The lowest BCUT2D eigenvalue weighted by atomic mass is 9.97. The number of benzene rings is 1. The Labute approximate surface area is 166 Å². The largest absolute Gasteiger partial charge is 0.491 e. The second kappa shape index (κ2) is 9.88. The van der Waals surface area contributed by atoms with Crippen LogP contribution >= 0.6 is 0 Å². The summed E-state index contributed by atoms with van der Waals surface area (Å²) < 4.78 is 5.61. The summed E-state index contributed by atoms with van der Waals surface area (Å²) in [4.78, 5) is 21.0. The van der Waals surface area contributed by atoms with Crippen LogP contribution in [0.5, 0.6) is 5.75 Å². The highest BCUT2D eigenvalue weighted by atomic mass is 16.5. The minimum absolute atomic E-state index is 0.113. The van der Waals surface area contributed by atoms with Crippen LogP contribution in [0.2, 0.25) is 0 Å². The standard InChI is InChI=1S/C22H28N4O2/c1-16(2)28-19-10-8-18(9-11-19)25-21(27)20-13-15-24-22(26-20)23-14-12-17-6-4-3-5-7-17/h6,8-11,13,15-16H,3-5,7,12,14H2,1-2H3,(H,25,27)(H,23,24,26). The molecule has 1 heterocycles. The van der Waals surface area contributed by atoms with Gasteiger partial charge in [-0.25, -0.2) is 9.97 Å². The number of amides is 1. The lowest BCUT2D eigenvalue weighted by Gasteiger charge is -2.13. The second-order valence-electron chi connectivity index (χ2n) is 7.20. The van der Waals surface area contributed by atoms with E-state index in [4.69, 9.17) is 4.74 Å². The van der Waals surface area contributed by atoms with Crippen molar-refractivity contribution in [2.24, 2.45) is 0 Å². The number of carbonyl (C=O) groups is 1. The van der Waals surface area contributed by atoms with Crippen LogP contribution < -0.4 is 15.4 Å². The van der Waals surface area contributed by atoms with Gasteiger partial charge in [0.2, 0.25) is 5.95 Å². The van der Waals surface area contributed by atoms with E-state index in [-0.39, 0.29) is 12.0 Å². The van der Waals surface area contributed by atoms with Crippen molar-refractivity contribution < 1.29 is 9.53 Å². The molecule has 6 heteroatoms. The van der Waals surface area contributed by atoms with Crippen LogP contribution in [0.1, 0.15) is 56.4 Å². The van der Waals surface area contributed by atoms with Crippen LogP contribution in [0.4, 0.5) is 11.6 Å². The van der Waals surface area contributed by atoms with Gasteiger partial charge in [0.1, 0.15) is 11.4 Å². The lowest BCUT2D eigenvalue weighted by molar-refractivity contribution is 0.102. The highest BCUT2D eigenvalue weighted by Crippen LogP contribution is 2.20. The van der Waals surface area contributed by atoms with Crippen molar-refractivity contribution in [1.29, 1.82) is 0 Å². The van der Waals surface area contributed by atoms with Gasteiger partial charge in [0.25, 0.3) is 5.91 Å². The Morgan fingerprint density at radius 3 is 2.71 bits per heavy atom. The number of ether oxygens (including phenoxy) is 1. The third-order valence-electron chi connectivity index (χ3n) is 4.49. The maximum Gasteiger partial charge on any atom is 0.274 e. The fourth-order valence-electron chi connectivity index (χ4n) is 3.12. The third-order valence-corrected chi connectivity index (χ3v) is 4.49. The molecule has 0 radical (unpaired) electrons. The predicted molar refractivity (Wildman–Crippen MR) is 112 cm³/mol. The maximum absolute atomic E-state index is 12.5. The van der Waals surface area contributed by atoms with Crippen molar-refractivity contribution in [2.45, 2.75) is 52.1 Å². The van der Waals surface area contributed by atoms with Gasteiger partial charge in [-0.05, 0) is 76.3 Å². The summed E-state index contributed by atoms with van der Waals surface area (Å²) in [6, 6.07) is 8.91. The molecule has 2 N–H and O–H groups in total. The summed E-state index contributed by atoms with van der Waals surface area (Å²) in [7, 11) is 0. The smallest absolute Gasteiger partial charge is 0.274 e. The number of anilines is 2. The number of aromatic nitrogens is 2. The van der Waals surface area contributed by atoms with E-state index in [1.807, 2.05) is 38.1 Å².